The van der Waals surface area contributed by atoms with Crippen LogP contribution >= 0.6 is 0 Å². The maximum absolute atomic E-state index is 12.0. The molecule has 0 aromatic carbocycles. The number of halogens is 3. The molecule has 6 heteroatoms. The predicted octanol–water partition coefficient (Wildman–Crippen LogP) is 2.81. The number of ether oxygens (including phenoxy) is 1. The van der Waals surface area contributed by atoms with Crippen molar-refractivity contribution in [2.24, 2.45) is 0 Å². The topological polar surface area (TPSA) is 24.5 Å². The summed E-state index contributed by atoms with van der Waals surface area (Å²) in [5, 5.41) is 3.50. The Balaban J connectivity index is 2.38. The van der Waals surface area contributed by atoms with Gasteiger partial charge in [-0.15, -0.1) is 0 Å². The molecule has 0 bridgehead atoms. The summed E-state index contributed by atoms with van der Waals surface area (Å²) in [5.41, 5.74) is 0.135. The minimum absolute atomic E-state index is 0.135. The Kier molecular flexibility index (Phi) is 6.75. The first-order valence-electron chi connectivity index (χ1n) is 7.46. The zero-order valence-electron chi connectivity index (χ0n) is 12.7. The van der Waals surface area contributed by atoms with Gasteiger partial charge in [0, 0.05) is 37.8 Å². The second-order valence-electron chi connectivity index (χ2n) is 5.68. The third-order valence-electron chi connectivity index (χ3n) is 4.24. The Morgan fingerprint density at radius 3 is 2.50 bits per heavy atom. The van der Waals surface area contributed by atoms with Crippen molar-refractivity contribution in [1.29, 1.82) is 0 Å². The van der Waals surface area contributed by atoms with Gasteiger partial charge >= 0.3 is 6.18 Å². The summed E-state index contributed by atoms with van der Waals surface area (Å²) >= 11 is 0. The number of nitrogens with one attached hydrogen (secondary N) is 1. The lowest BCUT2D eigenvalue weighted by atomic mass is 9.87. The summed E-state index contributed by atoms with van der Waals surface area (Å²) in [6.45, 7) is 8.21. The maximum atomic E-state index is 12.0. The van der Waals surface area contributed by atoms with Crippen LogP contribution < -0.4 is 5.32 Å². The standard InChI is InChI=1S/C14H27F3N2O/c1-4-13(5-2)10-18-12(3)9-19(13)7-6-8-20-11-14(15,16)17/h12,18H,4-11H2,1-3H3. The highest BCUT2D eigenvalue weighted by molar-refractivity contribution is 4.96. The van der Waals surface area contributed by atoms with Crippen LogP contribution in [0.15, 0.2) is 0 Å². The Hall–Kier alpha value is -0.330. The Morgan fingerprint density at radius 2 is 1.95 bits per heavy atom. The van der Waals surface area contributed by atoms with Crippen LogP contribution in [0.4, 0.5) is 13.2 Å². The monoisotopic (exact) mass is 296 g/mol. The third kappa shape index (κ3) is 5.22. The molecular weight excluding hydrogens is 269 g/mol. The van der Waals surface area contributed by atoms with Gasteiger partial charge in [-0.3, -0.25) is 4.90 Å². The molecule has 1 saturated heterocycles. The number of hydrogen-bond donors (Lipinski definition) is 1. The first-order chi connectivity index (χ1) is 9.33. The summed E-state index contributed by atoms with van der Waals surface area (Å²) in [5.74, 6) is 0. The molecule has 0 aromatic heterocycles. The summed E-state index contributed by atoms with van der Waals surface area (Å²) in [6, 6.07) is 0.428. The molecule has 0 saturated carbocycles. The Bertz CT molecular complexity index is 280. The normalized spacial score (nSPS) is 24.0. The van der Waals surface area contributed by atoms with E-state index in [1.807, 2.05) is 0 Å². The molecule has 0 amide bonds. The molecule has 3 nitrogen and oxygen atoms in total. The molecule has 0 aromatic rings. The van der Waals surface area contributed by atoms with Crippen molar-refractivity contribution in [1.82, 2.24) is 10.2 Å². The van der Waals surface area contributed by atoms with E-state index in [0.717, 1.165) is 32.5 Å². The average molecular weight is 296 g/mol. The van der Waals surface area contributed by atoms with Gasteiger partial charge in [0.25, 0.3) is 0 Å². The van der Waals surface area contributed by atoms with E-state index >= 15 is 0 Å². The Morgan fingerprint density at radius 1 is 1.30 bits per heavy atom. The van der Waals surface area contributed by atoms with E-state index in [0.29, 0.717) is 12.5 Å². The van der Waals surface area contributed by atoms with Crippen molar-refractivity contribution in [3.05, 3.63) is 0 Å². The second-order valence-corrected chi connectivity index (χ2v) is 5.68. The van der Waals surface area contributed by atoms with Crippen LogP contribution in [0, 0.1) is 0 Å². The molecule has 1 aliphatic heterocycles. The molecule has 1 atom stereocenters. The number of piperazine rings is 1. The van der Waals surface area contributed by atoms with Gasteiger partial charge in [0.1, 0.15) is 6.61 Å². The molecule has 1 rings (SSSR count). The van der Waals surface area contributed by atoms with Crippen LogP contribution in [0.25, 0.3) is 0 Å². The molecule has 120 valence electrons. The quantitative estimate of drug-likeness (QED) is 0.731. The second kappa shape index (κ2) is 7.61. The van der Waals surface area contributed by atoms with Crippen LogP contribution in [-0.2, 0) is 4.74 Å². The third-order valence-corrected chi connectivity index (χ3v) is 4.24. The largest absolute Gasteiger partial charge is 0.411 e. The lowest BCUT2D eigenvalue weighted by Gasteiger charge is -2.49. The molecule has 0 spiro atoms. The van der Waals surface area contributed by atoms with Crippen molar-refractivity contribution < 1.29 is 17.9 Å². The van der Waals surface area contributed by atoms with Gasteiger partial charge in [0.2, 0.25) is 0 Å². The first kappa shape index (κ1) is 17.7. The SMILES string of the molecule is CCC1(CC)CNC(C)CN1CCCOCC(F)(F)F. The highest BCUT2D eigenvalue weighted by Crippen LogP contribution is 2.27. The lowest BCUT2D eigenvalue weighted by Crippen LogP contribution is -2.63. The van der Waals surface area contributed by atoms with Gasteiger partial charge in [-0.05, 0) is 26.2 Å². The molecule has 0 radical (unpaired) electrons. The number of rotatable bonds is 7. The van der Waals surface area contributed by atoms with Crippen molar-refractivity contribution in [2.75, 3.05) is 32.8 Å². The van der Waals surface area contributed by atoms with E-state index in [2.05, 4.69) is 35.7 Å². The number of alkyl halides is 3. The van der Waals surface area contributed by atoms with Crippen LogP contribution in [0.3, 0.4) is 0 Å². The molecule has 20 heavy (non-hydrogen) atoms. The van der Waals surface area contributed by atoms with Gasteiger partial charge in [0.05, 0.1) is 0 Å². The van der Waals surface area contributed by atoms with Gasteiger partial charge < -0.3 is 10.1 Å². The molecule has 1 N–H and O–H groups in total. The number of nitrogens with zero attached hydrogens (tertiary/aromatic N) is 1. The van der Waals surface area contributed by atoms with E-state index in [4.69, 9.17) is 0 Å². The minimum atomic E-state index is -4.22. The molecular formula is C14H27F3N2O. The zero-order valence-corrected chi connectivity index (χ0v) is 12.7. The maximum Gasteiger partial charge on any atom is 0.411 e. The van der Waals surface area contributed by atoms with E-state index in [1.54, 1.807) is 0 Å². The predicted molar refractivity (Wildman–Crippen MR) is 73.8 cm³/mol. The summed E-state index contributed by atoms with van der Waals surface area (Å²) in [7, 11) is 0. The van der Waals surface area contributed by atoms with Crippen LogP contribution in [0.1, 0.15) is 40.0 Å². The first-order valence-corrected chi connectivity index (χ1v) is 7.46. The molecule has 1 aliphatic rings. The average Bonchev–Trinajstić information content (AvgIpc) is 2.38. The lowest BCUT2D eigenvalue weighted by molar-refractivity contribution is -0.174. The summed E-state index contributed by atoms with van der Waals surface area (Å²) in [4.78, 5) is 2.42. The highest BCUT2D eigenvalue weighted by Gasteiger charge is 2.37. The fraction of sp³-hybridized carbons (Fsp3) is 1.00. The fourth-order valence-electron chi connectivity index (χ4n) is 2.89. The Labute approximate surface area is 119 Å². The van der Waals surface area contributed by atoms with Crippen molar-refractivity contribution in [3.63, 3.8) is 0 Å². The van der Waals surface area contributed by atoms with E-state index in [9.17, 15) is 13.2 Å². The minimum Gasteiger partial charge on any atom is -0.372 e. The van der Waals surface area contributed by atoms with Crippen molar-refractivity contribution in [3.8, 4) is 0 Å². The zero-order chi connectivity index (χ0) is 15.2. The summed E-state index contributed by atoms with van der Waals surface area (Å²) < 4.78 is 40.6. The van der Waals surface area contributed by atoms with Crippen LogP contribution in [-0.4, -0.2) is 55.5 Å². The summed E-state index contributed by atoms with van der Waals surface area (Å²) in [6.07, 6.45) is -1.48. The van der Waals surface area contributed by atoms with E-state index in [1.165, 1.54) is 0 Å². The molecule has 1 unspecified atom stereocenters. The van der Waals surface area contributed by atoms with Crippen molar-refractivity contribution >= 4 is 0 Å². The van der Waals surface area contributed by atoms with Gasteiger partial charge in [0.15, 0.2) is 0 Å². The van der Waals surface area contributed by atoms with Gasteiger partial charge in [-0.25, -0.2) is 0 Å². The molecule has 1 heterocycles. The van der Waals surface area contributed by atoms with Crippen molar-refractivity contribution in [2.45, 2.75) is 57.8 Å². The van der Waals surface area contributed by atoms with Crippen LogP contribution in [0.2, 0.25) is 0 Å². The highest BCUT2D eigenvalue weighted by atomic mass is 19.4. The van der Waals surface area contributed by atoms with Crippen LogP contribution in [0.5, 0.6) is 0 Å². The smallest absolute Gasteiger partial charge is 0.372 e. The van der Waals surface area contributed by atoms with E-state index < -0.39 is 12.8 Å². The van der Waals surface area contributed by atoms with E-state index in [-0.39, 0.29) is 12.1 Å². The van der Waals surface area contributed by atoms with Gasteiger partial charge in [-0.2, -0.15) is 13.2 Å². The fourth-order valence-corrected chi connectivity index (χ4v) is 2.89. The molecule has 1 fully saturated rings. The van der Waals surface area contributed by atoms with Gasteiger partial charge in [-0.1, -0.05) is 13.8 Å². The molecule has 0 aliphatic carbocycles. The number of hydrogen-bond acceptors (Lipinski definition) is 3.